The molecule has 2 aromatic rings. The lowest BCUT2D eigenvalue weighted by atomic mass is 9.88. The van der Waals surface area contributed by atoms with Crippen molar-refractivity contribution in [2.75, 3.05) is 33.3 Å². The van der Waals surface area contributed by atoms with Crippen molar-refractivity contribution in [3.05, 3.63) is 71.8 Å². The number of amides is 4. The van der Waals surface area contributed by atoms with E-state index < -0.39 is 53.4 Å². The van der Waals surface area contributed by atoms with Crippen LogP contribution in [-0.4, -0.2) is 108 Å². The topological polar surface area (TPSA) is 239 Å². The number of guanidine groups is 1. The molecule has 15 nitrogen and oxygen atoms in total. The number of carbonyl (C=O) groups is 5. The van der Waals surface area contributed by atoms with Crippen LogP contribution in [0, 0.1) is 5.41 Å². The summed E-state index contributed by atoms with van der Waals surface area (Å²) in [5, 5.41) is 15.9. The van der Waals surface area contributed by atoms with Gasteiger partial charge in [-0.25, -0.2) is 0 Å². The summed E-state index contributed by atoms with van der Waals surface area (Å²) in [6, 6.07) is 15.0. The molecule has 4 atom stereocenters. The van der Waals surface area contributed by atoms with Crippen molar-refractivity contribution in [3.8, 4) is 0 Å². The van der Waals surface area contributed by atoms with Crippen LogP contribution in [0.2, 0.25) is 0 Å². The summed E-state index contributed by atoms with van der Waals surface area (Å²) in [4.78, 5) is 70.5. The Hall–Kier alpha value is -5.02. The van der Waals surface area contributed by atoms with Crippen molar-refractivity contribution in [1.29, 1.82) is 5.41 Å². The fourth-order valence-corrected chi connectivity index (χ4v) is 6.60. The number of nitrogens with two attached hydrogens (primary N) is 3. The number of ether oxygens (including phenoxy) is 1. The predicted molar refractivity (Wildman–Crippen MR) is 191 cm³/mol. The first-order valence-electron chi connectivity index (χ1n) is 17.4. The standard InChI is InChI=1S/C36H51N9O6/c1-51-34(50)36(40)16-20-44(21-17-36)32(48)27(14-8-18-41-35(38)39)42-31(47)29-15-9-19-45(29)33(49)28(23-25-12-6-3-7-13-25)43-30(46)26(37)22-24-10-4-2-5-11-24/h2-7,10-13,26-29H,8-9,14-23,37,40H2,1H3,(H,42,47)(H,43,46)(H4,38,39,41)/t26-,27-,28-,29-/m1/s1. The van der Waals surface area contributed by atoms with Crippen LogP contribution in [0.4, 0.5) is 0 Å². The van der Waals surface area contributed by atoms with Gasteiger partial charge in [0.25, 0.3) is 0 Å². The number of hydrogen-bond acceptors (Lipinski definition) is 9. The minimum Gasteiger partial charge on any atom is -0.468 e. The van der Waals surface area contributed by atoms with Gasteiger partial charge >= 0.3 is 5.97 Å². The molecule has 2 aliphatic heterocycles. The van der Waals surface area contributed by atoms with Gasteiger partial charge in [-0.1, -0.05) is 60.7 Å². The van der Waals surface area contributed by atoms with Crippen LogP contribution in [0.5, 0.6) is 0 Å². The third-order valence-electron chi connectivity index (χ3n) is 9.53. The summed E-state index contributed by atoms with van der Waals surface area (Å²) in [7, 11) is 1.27. The monoisotopic (exact) mass is 705 g/mol. The molecule has 2 aromatic carbocycles. The van der Waals surface area contributed by atoms with Crippen LogP contribution in [0.25, 0.3) is 0 Å². The second kappa shape index (κ2) is 18.3. The molecule has 0 aromatic heterocycles. The summed E-state index contributed by atoms with van der Waals surface area (Å²) in [5.74, 6) is -2.46. The van der Waals surface area contributed by atoms with Gasteiger partial charge < -0.3 is 47.7 Å². The molecule has 4 rings (SSSR count). The molecule has 276 valence electrons. The summed E-state index contributed by atoms with van der Waals surface area (Å²) in [6.45, 7) is 1.01. The van der Waals surface area contributed by atoms with Gasteiger partial charge in [0.15, 0.2) is 5.96 Å². The van der Waals surface area contributed by atoms with E-state index in [1.54, 1.807) is 4.90 Å². The molecule has 15 heteroatoms. The minimum atomic E-state index is -1.20. The number of methoxy groups -OCH3 is 1. The predicted octanol–water partition coefficient (Wildman–Crippen LogP) is -0.484. The molecule has 51 heavy (non-hydrogen) atoms. The van der Waals surface area contributed by atoms with Gasteiger partial charge in [-0.3, -0.25) is 29.4 Å². The highest BCUT2D eigenvalue weighted by Crippen LogP contribution is 2.24. The number of nitrogens with zero attached hydrogens (tertiary/aromatic N) is 2. The van der Waals surface area contributed by atoms with E-state index in [1.165, 1.54) is 12.0 Å². The van der Waals surface area contributed by atoms with Crippen molar-refractivity contribution in [2.24, 2.45) is 17.2 Å². The molecule has 0 bridgehead atoms. The molecule has 0 radical (unpaired) electrons. The quantitative estimate of drug-likeness (QED) is 0.0543. The van der Waals surface area contributed by atoms with Crippen LogP contribution in [0.15, 0.2) is 60.7 Å². The molecule has 0 aliphatic carbocycles. The second-order valence-electron chi connectivity index (χ2n) is 13.3. The van der Waals surface area contributed by atoms with Crippen LogP contribution in [0.1, 0.15) is 49.7 Å². The third kappa shape index (κ3) is 10.7. The smallest absolute Gasteiger partial charge is 0.325 e. The van der Waals surface area contributed by atoms with E-state index in [0.29, 0.717) is 32.4 Å². The summed E-state index contributed by atoms with van der Waals surface area (Å²) < 4.78 is 4.85. The number of hydrogen-bond donors (Lipinski definition) is 7. The zero-order chi connectivity index (χ0) is 37.0. The molecule has 0 saturated carbocycles. The molecular weight excluding hydrogens is 654 g/mol. The van der Waals surface area contributed by atoms with E-state index in [0.717, 1.165) is 11.1 Å². The van der Waals surface area contributed by atoms with Crippen molar-refractivity contribution in [1.82, 2.24) is 25.8 Å². The number of likely N-dealkylation sites (tertiary alicyclic amines) is 2. The SMILES string of the molecule is COC(=O)C1(N)CCN(C(=O)[C@@H](CCCNC(=N)N)NC(=O)[C@H]2CCCN2C(=O)[C@@H](Cc2ccccc2)NC(=O)[C@H](N)Cc2ccccc2)CC1. The van der Waals surface area contributed by atoms with Gasteiger partial charge in [-0.15, -0.1) is 0 Å². The van der Waals surface area contributed by atoms with Crippen LogP contribution < -0.4 is 33.2 Å². The molecule has 2 saturated heterocycles. The van der Waals surface area contributed by atoms with Gasteiger partial charge in [-0.2, -0.15) is 0 Å². The summed E-state index contributed by atoms with van der Waals surface area (Å²) in [5.41, 5.74) is 18.5. The van der Waals surface area contributed by atoms with Crippen molar-refractivity contribution < 1.29 is 28.7 Å². The van der Waals surface area contributed by atoms with Crippen LogP contribution in [0.3, 0.4) is 0 Å². The van der Waals surface area contributed by atoms with Crippen LogP contribution in [-0.2, 0) is 41.6 Å². The van der Waals surface area contributed by atoms with E-state index in [4.69, 9.17) is 27.3 Å². The maximum atomic E-state index is 14.2. The van der Waals surface area contributed by atoms with Gasteiger partial charge in [0, 0.05) is 32.6 Å². The molecule has 4 amide bonds. The zero-order valence-corrected chi connectivity index (χ0v) is 29.1. The highest BCUT2D eigenvalue weighted by Gasteiger charge is 2.42. The Kier molecular flexibility index (Phi) is 13.9. The average Bonchev–Trinajstić information content (AvgIpc) is 3.63. The lowest BCUT2D eigenvalue weighted by Gasteiger charge is -2.38. The summed E-state index contributed by atoms with van der Waals surface area (Å²) in [6.07, 6.45) is 2.47. The maximum Gasteiger partial charge on any atom is 0.325 e. The fraction of sp³-hybridized carbons (Fsp3) is 0.500. The van der Waals surface area contributed by atoms with E-state index in [9.17, 15) is 24.0 Å². The Morgan fingerprint density at radius 3 is 2.10 bits per heavy atom. The highest BCUT2D eigenvalue weighted by atomic mass is 16.5. The Morgan fingerprint density at radius 2 is 1.51 bits per heavy atom. The van der Waals surface area contributed by atoms with Gasteiger partial charge in [0.05, 0.1) is 13.2 Å². The molecule has 2 fully saturated rings. The Morgan fingerprint density at radius 1 is 0.902 bits per heavy atom. The largest absolute Gasteiger partial charge is 0.468 e. The Balaban J connectivity index is 1.47. The maximum absolute atomic E-state index is 14.2. The number of nitrogens with one attached hydrogen (secondary N) is 4. The number of esters is 1. The highest BCUT2D eigenvalue weighted by molar-refractivity contribution is 5.95. The molecule has 2 aliphatic rings. The van der Waals surface area contributed by atoms with Crippen molar-refractivity contribution >= 4 is 35.6 Å². The average molecular weight is 706 g/mol. The Labute approximate surface area is 298 Å². The number of carbonyl (C=O) groups excluding carboxylic acids is 5. The first-order chi connectivity index (χ1) is 24.4. The van der Waals surface area contributed by atoms with E-state index in [1.807, 2.05) is 60.7 Å². The minimum absolute atomic E-state index is 0.196. The zero-order valence-electron chi connectivity index (χ0n) is 29.1. The van der Waals surface area contributed by atoms with E-state index >= 15 is 0 Å². The lowest BCUT2D eigenvalue weighted by molar-refractivity contribution is -0.151. The molecular formula is C36H51N9O6. The van der Waals surface area contributed by atoms with E-state index in [-0.39, 0.29) is 57.1 Å². The number of benzene rings is 2. The molecule has 0 spiro atoms. The second-order valence-corrected chi connectivity index (χ2v) is 13.3. The number of piperidine rings is 1. The van der Waals surface area contributed by atoms with Crippen molar-refractivity contribution in [2.45, 2.75) is 81.1 Å². The number of rotatable bonds is 15. The molecule has 2 heterocycles. The van der Waals surface area contributed by atoms with E-state index in [2.05, 4.69) is 16.0 Å². The van der Waals surface area contributed by atoms with Crippen molar-refractivity contribution in [3.63, 3.8) is 0 Å². The Bertz CT molecular complexity index is 1520. The van der Waals surface area contributed by atoms with Gasteiger partial charge in [-0.05, 0) is 56.1 Å². The summed E-state index contributed by atoms with van der Waals surface area (Å²) >= 11 is 0. The molecule has 0 unspecified atom stereocenters. The van der Waals surface area contributed by atoms with Gasteiger partial charge in [0.1, 0.15) is 23.7 Å². The van der Waals surface area contributed by atoms with Crippen LogP contribution >= 0.6 is 0 Å². The molecule has 10 N–H and O–H groups in total. The first kappa shape index (κ1) is 38.8. The lowest BCUT2D eigenvalue weighted by Crippen LogP contribution is -2.60. The first-order valence-corrected chi connectivity index (χ1v) is 17.4. The normalized spacial score (nSPS) is 18.5. The third-order valence-corrected chi connectivity index (χ3v) is 9.53. The van der Waals surface area contributed by atoms with Gasteiger partial charge in [0.2, 0.25) is 23.6 Å². The fourth-order valence-electron chi connectivity index (χ4n) is 6.60.